The molecule has 4 aliphatic carbocycles. The van der Waals surface area contributed by atoms with E-state index in [1.807, 2.05) is 0 Å². The molecule has 0 radical (unpaired) electrons. The van der Waals surface area contributed by atoms with Crippen LogP contribution in [0.3, 0.4) is 0 Å². The summed E-state index contributed by atoms with van der Waals surface area (Å²) in [5, 5.41) is 5.92. The summed E-state index contributed by atoms with van der Waals surface area (Å²) in [4.78, 5) is 25.0. The van der Waals surface area contributed by atoms with Crippen LogP contribution in [0.5, 0.6) is 0 Å². The van der Waals surface area contributed by atoms with Crippen molar-refractivity contribution in [3.63, 3.8) is 0 Å². The summed E-state index contributed by atoms with van der Waals surface area (Å²) in [6, 6.07) is 0. The Hall–Kier alpha value is -1.96. The highest BCUT2D eigenvalue weighted by molar-refractivity contribution is 5.75. The molecule has 4 fully saturated rings. The molecular formula is C46H78N2O3. The van der Waals surface area contributed by atoms with Crippen LogP contribution >= 0.6 is 0 Å². The van der Waals surface area contributed by atoms with E-state index in [2.05, 4.69) is 56.4 Å². The Kier molecular flexibility index (Phi) is 17.8. The second-order valence-corrected chi connectivity index (χ2v) is 18.0. The Labute approximate surface area is 314 Å². The van der Waals surface area contributed by atoms with Crippen LogP contribution in [0.15, 0.2) is 12.2 Å². The monoisotopic (exact) mass is 707 g/mol. The number of nitrogens with one attached hydrogen (secondary N) is 2. The number of amides is 2. The van der Waals surface area contributed by atoms with Crippen LogP contribution in [-0.2, 0) is 9.53 Å². The molecule has 0 aromatic rings. The highest BCUT2D eigenvalue weighted by atomic mass is 16.6. The van der Waals surface area contributed by atoms with Crippen molar-refractivity contribution >= 4 is 12.0 Å². The number of terminal acetylenes is 1. The van der Waals surface area contributed by atoms with Gasteiger partial charge >= 0.3 is 6.09 Å². The number of carbonyl (C=O) groups is 2. The van der Waals surface area contributed by atoms with E-state index in [4.69, 9.17) is 11.2 Å². The third-order valence-corrected chi connectivity index (χ3v) is 14.8. The molecule has 9 atom stereocenters. The zero-order valence-electron chi connectivity index (χ0n) is 33.6. The molecule has 0 aliphatic heterocycles. The summed E-state index contributed by atoms with van der Waals surface area (Å²) in [5.41, 5.74) is 0.782. The second-order valence-electron chi connectivity index (χ2n) is 18.0. The van der Waals surface area contributed by atoms with Crippen molar-refractivity contribution in [3.05, 3.63) is 12.2 Å². The molecule has 5 heteroatoms. The standard InChI is InChI=1S/C46H78N2O3/c1-6-8-9-10-11-12-13-14-15-16-17-18-19-20-21-22-34-47-43(49)28-23-36(3)40-26-27-41-39-25-24-37-35-38(51-44(50)48-33-7-2)29-31-45(37,4)42(39)30-32-46(40,41)5/h2,14-15,36-42H,6,8-13,16-35H2,1,3-5H3,(H,47,49)(H,48,50)/b15-14-/t36-,37?,38-,39?,40-,41?,42?,45+,46-/m1/s1. The van der Waals surface area contributed by atoms with Crippen molar-refractivity contribution < 1.29 is 14.3 Å². The maximum absolute atomic E-state index is 12.8. The van der Waals surface area contributed by atoms with E-state index in [-0.39, 0.29) is 24.6 Å². The van der Waals surface area contributed by atoms with Gasteiger partial charge in [0.15, 0.2) is 0 Å². The minimum Gasteiger partial charge on any atom is -0.446 e. The number of ether oxygens (including phenoxy) is 1. The molecule has 0 bridgehead atoms. The van der Waals surface area contributed by atoms with Gasteiger partial charge in [-0.15, -0.1) is 6.42 Å². The second kappa shape index (κ2) is 21.7. The molecule has 4 rings (SSSR count). The molecule has 290 valence electrons. The molecule has 4 aliphatic rings. The van der Waals surface area contributed by atoms with Crippen LogP contribution in [0.2, 0.25) is 0 Å². The van der Waals surface area contributed by atoms with Crippen LogP contribution in [0.4, 0.5) is 4.79 Å². The maximum atomic E-state index is 12.8. The van der Waals surface area contributed by atoms with E-state index in [0.29, 0.717) is 29.1 Å². The minimum atomic E-state index is -0.360. The predicted octanol–water partition coefficient (Wildman–Crippen LogP) is 11.9. The minimum absolute atomic E-state index is 0.0205. The third kappa shape index (κ3) is 12.0. The summed E-state index contributed by atoms with van der Waals surface area (Å²) in [7, 11) is 0. The van der Waals surface area contributed by atoms with E-state index < -0.39 is 0 Å². The molecule has 4 saturated carbocycles. The lowest BCUT2D eigenvalue weighted by Gasteiger charge is -2.61. The molecule has 0 aromatic carbocycles. The average Bonchev–Trinajstić information content (AvgIpc) is 3.48. The van der Waals surface area contributed by atoms with Gasteiger partial charge < -0.3 is 15.4 Å². The fraction of sp³-hybridized carbons (Fsp3) is 0.870. The predicted molar refractivity (Wildman–Crippen MR) is 213 cm³/mol. The summed E-state index contributed by atoms with van der Waals surface area (Å²) < 4.78 is 5.78. The molecule has 0 spiro atoms. The number of allylic oxidation sites excluding steroid dienone is 2. The quantitative estimate of drug-likeness (QED) is 0.0669. The first-order valence-corrected chi connectivity index (χ1v) is 22.0. The van der Waals surface area contributed by atoms with E-state index in [9.17, 15) is 9.59 Å². The Balaban J connectivity index is 1.07. The van der Waals surface area contributed by atoms with Crippen molar-refractivity contribution in [2.24, 2.45) is 46.3 Å². The Morgan fingerprint density at radius 2 is 1.45 bits per heavy atom. The average molecular weight is 707 g/mol. The first-order valence-electron chi connectivity index (χ1n) is 22.0. The number of unbranched alkanes of at least 4 members (excludes halogenated alkanes) is 12. The largest absolute Gasteiger partial charge is 0.446 e. The van der Waals surface area contributed by atoms with Crippen LogP contribution in [0.1, 0.15) is 188 Å². The molecule has 5 nitrogen and oxygen atoms in total. The van der Waals surface area contributed by atoms with E-state index in [0.717, 1.165) is 55.9 Å². The first-order chi connectivity index (χ1) is 24.7. The normalized spacial score (nSPS) is 32.0. The Morgan fingerprint density at radius 3 is 2.16 bits per heavy atom. The number of rotatable bonds is 22. The van der Waals surface area contributed by atoms with Crippen molar-refractivity contribution in [1.29, 1.82) is 0 Å². The Bertz CT molecular complexity index is 1110. The van der Waals surface area contributed by atoms with E-state index >= 15 is 0 Å². The smallest absolute Gasteiger partial charge is 0.408 e. The zero-order chi connectivity index (χ0) is 36.5. The molecule has 2 amide bonds. The van der Waals surface area contributed by atoms with Gasteiger partial charge in [-0.25, -0.2) is 4.79 Å². The van der Waals surface area contributed by atoms with Crippen LogP contribution < -0.4 is 10.6 Å². The van der Waals surface area contributed by atoms with Crippen LogP contribution in [-0.4, -0.2) is 31.2 Å². The summed E-state index contributed by atoms with van der Waals surface area (Å²) >= 11 is 0. The lowest BCUT2D eigenvalue weighted by atomic mass is 9.44. The van der Waals surface area contributed by atoms with Crippen molar-refractivity contribution in [2.75, 3.05) is 13.1 Å². The summed E-state index contributed by atoms with van der Waals surface area (Å²) in [6.07, 6.45) is 41.0. The van der Waals surface area contributed by atoms with Gasteiger partial charge in [0.1, 0.15) is 6.10 Å². The van der Waals surface area contributed by atoms with Crippen molar-refractivity contribution in [2.45, 2.75) is 194 Å². The van der Waals surface area contributed by atoms with Crippen molar-refractivity contribution in [3.8, 4) is 12.3 Å². The van der Waals surface area contributed by atoms with Gasteiger partial charge in [0.2, 0.25) is 5.91 Å². The molecule has 0 heterocycles. The van der Waals surface area contributed by atoms with Gasteiger partial charge in [0.25, 0.3) is 0 Å². The number of fused-ring (bicyclic) bond motifs is 5. The molecule has 0 aromatic heterocycles. The highest BCUT2D eigenvalue weighted by Crippen LogP contribution is 2.68. The molecule has 51 heavy (non-hydrogen) atoms. The maximum Gasteiger partial charge on any atom is 0.408 e. The fourth-order valence-corrected chi connectivity index (χ4v) is 11.9. The lowest BCUT2D eigenvalue weighted by Crippen LogP contribution is -2.54. The molecule has 0 saturated heterocycles. The molecular weight excluding hydrogens is 629 g/mol. The van der Waals surface area contributed by atoms with Crippen LogP contribution in [0.25, 0.3) is 0 Å². The van der Waals surface area contributed by atoms with Gasteiger partial charge in [-0.1, -0.05) is 104 Å². The Morgan fingerprint density at radius 1 is 0.804 bits per heavy atom. The number of alkyl carbamates (subject to hydrolysis) is 1. The number of carbonyl (C=O) groups excluding carboxylic acids is 2. The van der Waals surface area contributed by atoms with Gasteiger partial charge in [0, 0.05) is 13.0 Å². The number of hydrogen-bond donors (Lipinski definition) is 2. The highest BCUT2D eigenvalue weighted by Gasteiger charge is 2.60. The summed E-state index contributed by atoms with van der Waals surface area (Å²) in [5.74, 6) is 7.16. The van der Waals surface area contributed by atoms with Gasteiger partial charge in [0.05, 0.1) is 6.54 Å². The van der Waals surface area contributed by atoms with Crippen LogP contribution in [0, 0.1) is 58.7 Å². The summed E-state index contributed by atoms with van der Waals surface area (Å²) in [6.45, 7) is 11.0. The lowest BCUT2D eigenvalue weighted by molar-refractivity contribution is -0.130. The van der Waals surface area contributed by atoms with E-state index in [1.165, 1.54) is 128 Å². The van der Waals surface area contributed by atoms with Gasteiger partial charge in [-0.05, 0) is 143 Å². The van der Waals surface area contributed by atoms with Gasteiger partial charge in [-0.2, -0.15) is 0 Å². The van der Waals surface area contributed by atoms with E-state index in [1.54, 1.807) is 0 Å². The van der Waals surface area contributed by atoms with Crippen molar-refractivity contribution in [1.82, 2.24) is 10.6 Å². The number of hydrogen-bond acceptors (Lipinski definition) is 3. The fourth-order valence-electron chi connectivity index (χ4n) is 11.9. The SMILES string of the molecule is C#CCNC(=O)O[C@@H]1CC[C@@]2(C)C(CCC3C2CC[C@@]2(C)C3CC[C@@H]2[C@H](C)CCC(=O)NCCCCCCCC/C=C\CCCCCCCC)C1. The molecule has 4 unspecified atom stereocenters. The third-order valence-electron chi connectivity index (χ3n) is 14.8. The molecule has 2 N–H and O–H groups in total. The topological polar surface area (TPSA) is 67.4 Å². The first kappa shape index (κ1) is 41.8. The van der Waals surface area contributed by atoms with Gasteiger partial charge in [-0.3, -0.25) is 4.79 Å². The zero-order valence-corrected chi connectivity index (χ0v) is 33.6.